The number of pyridine rings is 1. The molecular formula is C21H31Cl2N3O. The summed E-state index contributed by atoms with van der Waals surface area (Å²) in [4.78, 5) is 20.0. The largest absolute Gasteiger partial charge is 0.339 e. The molecule has 6 heteroatoms. The second kappa shape index (κ2) is 10.8. The number of piperidine rings is 1. The van der Waals surface area contributed by atoms with Crippen molar-refractivity contribution >= 4 is 41.6 Å². The maximum absolute atomic E-state index is 13.2. The van der Waals surface area contributed by atoms with Gasteiger partial charge in [-0.3, -0.25) is 9.78 Å². The predicted molar refractivity (Wildman–Crippen MR) is 117 cm³/mol. The van der Waals surface area contributed by atoms with E-state index in [4.69, 9.17) is 4.98 Å². The maximum Gasteiger partial charge on any atom is 0.254 e. The van der Waals surface area contributed by atoms with Crippen LogP contribution in [0.2, 0.25) is 0 Å². The first-order chi connectivity index (χ1) is 12.1. The van der Waals surface area contributed by atoms with Crippen LogP contribution in [0.5, 0.6) is 0 Å². The highest BCUT2D eigenvalue weighted by Gasteiger charge is 2.25. The van der Waals surface area contributed by atoms with Crippen molar-refractivity contribution < 1.29 is 4.79 Å². The zero-order valence-corrected chi connectivity index (χ0v) is 18.0. The number of nitrogens with one attached hydrogen (secondary N) is 1. The van der Waals surface area contributed by atoms with Crippen molar-refractivity contribution in [3.05, 3.63) is 41.6 Å². The zero-order valence-electron chi connectivity index (χ0n) is 16.4. The Kier molecular flexibility index (Phi) is 9.51. The summed E-state index contributed by atoms with van der Waals surface area (Å²) in [6, 6.07) is 9.99. The van der Waals surface area contributed by atoms with Crippen LogP contribution in [0.3, 0.4) is 0 Å². The average molecular weight is 412 g/mol. The first-order valence-corrected chi connectivity index (χ1v) is 9.43. The molecule has 3 rings (SSSR count). The fourth-order valence-electron chi connectivity index (χ4n) is 3.61. The number of carbonyl (C=O) groups excluding carboxylic acids is 1. The highest BCUT2D eigenvalue weighted by atomic mass is 35.5. The van der Waals surface area contributed by atoms with E-state index in [9.17, 15) is 4.79 Å². The predicted octanol–water partition coefficient (Wildman–Crippen LogP) is 4.66. The van der Waals surface area contributed by atoms with Crippen LogP contribution in [-0.2, 0) is 0 Å². The van der Waals surface area contributed by atoms with Crippen molar-refractivity contribution in [3.63, 3.8) is 0 Å². The van der Waals surface area contributed by atoms with Gasteiger partial charge in [0, 0.05) is 24.2 Å². The van der Waals surface area contributed by atoms with E-state index in [2.05, 4.69) is 19.2 Å². The van der Waals surface area contributed by atoms with Crippen LogP contribution in [0.15, 0.2) is 30.3 Å². The molecule has 1 amide bonds. The van der Waals surface area contributed by atoms with Gasteiger partial charge in [0.2, 0.25) is 0 Å². The minimum atomic E-state index is 0. The van der Waals surface area contributed by atoms with E-state index < -0.39 is 0 Å². The molecule has 1 aliphatic rings. The summed E-state index contributed by atoms with van der Waals surface area (Å²) in [5.74, 6) is 1.20. The molecule has 27 heavy (non-hydrogen) atoms. The molecule has 0 atom stereocenters. The Bertz CT molecular complexity index is 743. The minimum absolute atomic E-state index is 0. The fraction of sp³-hybridized carbons (Fsp3) is 0.524. The molecule has 1 aliphatic heterocycles. The molecule has 0 spiro atoms. The van der Waals surface area contributed by atoms with Crippen LogP contribution in [-0.4, -0.2) is 42.5 Å². The molecule has 1 fully saturated rings. The number of fused-ring (bicyclic) bond motifs is 1. The molecule has 0 unspecified atom stereocenters. The molecule has 0 aliphatic carbocycles. The molecule has 0 radical (unpaired) electrons. The standard InChI is InChI=1S/C21H29N3O.2ClH/c1-15(2)20-14-18(17-6-4-5-7-19(17)23-20)21(25)24-12-9-16(10-13-24)8-11-22-3;;/h4-7,14-16,22H,8-13H2,1-3H3;2*1H. The molecule has 1 aromatic carbocycles. The van der Waals surface area contributed by atoms with Gasteiger partial charge in [0.15, 0.2) is 0 Å². The lowest BCUT2D eigenvalue weighted by Gasteiger charge is -2.32. The van der Waals surface area contributed by atoms with Gasteiger partial charge >= 0.3 is 0 Å². The number of para-hydroxylation sites is 1. The molecule has 0 bridgehead atoms. The first kappa shape index (κ1) is 23.7. The van der Waals surface area contributed by atoms with Gasteiger partial charge in [0.25, 0.3) is 5.91 Å². The first-order valence-electron chi connectivity index (χ1n) is 9.43. The van der Waals surface area contributed by atoms with Crippen LogP contribution < -0.4 is 5.32 Å². The number of hydrogen-bond donors (Lipinski definition) is 1. The summed E-state index contributed by atoms with van der Waals surface area (Å²) in [5.41, 5.74) is 2.72. The molecule has 150 valence electrons. The Balaban J connectivity index is 0.00000182. The van der Waals surface area contributed by atoms with Gasteiger partial charge in [-0.25, -0.2) is 0 Å². The lowest BCUT2D eigenvalue weighted by atomic mass is 9.93. The molecule has 4 nitrogen and oxygen atoms in total. The van der Waals surface area contributed by atoms with Crippen LogP contribution in [0, 0.1) is 5.92 Å². The Hall–Kier alpha value is -1.36. The van der Waals surface area contributed by atoms with E-state index in [0.717, 1.165) is 60.6 Å². The highest BCUT2D eigenvalue weighted by molar-refractivity contribution is 6.06. The van der Waals surface area contributed by atoms with Crippen molar-refractivity contribution in [2.24, 2.45) is 5.92 Å². The Morgan fingerprint density at radius 2 is 1.89 bits per heavy atom. The van der Waals surface area contributed by atoms with Gasteiger partial charge in [-0.1, -0.05) is 32.0 Å². The number of nitrogens with zero attached hydrogens (tertiary/aromatic N) is 2. The van der Waals surface area contributed by atoms with E-state index in [1.807, 2.05) is 42.3 Å². The smallest absolute Gasteiger partial charge is 0.254 e. The van der Waals surface area contributed by atoms with E-state index in [-0.39, 0.29) is 30.7 Å². The number of amides is 1. The molecule has 1 aromatic heterocycles. The molecule has 1 N–H and O–H groups in total. The number of rotatable bonds is 5. The Morgan fingerprint density at radius 3 is 2.52 bits per heavy atom. The SMILES string of the molecule is CNCCC1CCN(C(=O)c2cc(C(C)C)nc3ccccc23)CC1.Cl.Cl. The normalized spacial score (nSPS) is 14.7. The van der Waals surface area contributed by atoms with Gasteiger partial charge in [0.1, 0.15) is 0 Å². The van der Waals surface area contributed by atoms with E-state index in [1.54, 1.807) is 0 Å². The average Bonchev–Trinajstić information content (AvgIpc) is 2.65. The van der Waals surface area contributed by atoms with Crippen LogP contribution >= 0.6 is 24.8 Å². The lowest BCUT2D eigenvalue weighted by molar-refractivity contribution is 0.0689. The van der Waals surface area contributed by atoms with Crippen LogP contribution in [0.25, 0.3) is 10.9 Å². The quantitative estimate of drug-likeness (QED) is 0.777. The van der Waals surface area contributed by atoms with Crippen molar-refractivity contribution in [3.8, 4) is 0 Å². The van der Waals surface area contributed by atoms with Crippen molar-refractivity contribution in [1.29, 1.82) is 0 Å². The summed E-state index contributed by atoms with van der Waals surface area (Å²) in [6.07, 6.45) is 3.41. The summed E-state index contributed by atoms with van der Waals surface area (Å²) in [5, 5.41) is 4.19. The van der Waals surface area contributed by atoms with Gasteiger partial charge in [0.05, 0.1) is 11.1 Å². The third kappa shape index (κ3) is 5.56. The topological polar surface area (TPSA) is 45.2 Å². The number of benzene rings is 1. The number of carbonyl (C=O) groups is 1. The molecule has 2 heterocycles. The van der Waals surface area contributed by atoms with Crippen molar-refractivity contribution in [1.82, 2.24) is 15.2 Å². The number of aromatic nitrogens is 1. The zero-order chi connectivity index (χ0) is 17.8. The second-order valence-electron chi connectivity index (χ2n) is 7.39. The summed E-state index contributed by atoms with van der Waals surface area (Å²) >= 11 is 0. The Morgan fingerprint density at radius 1 is 1.22 bits per heavy atom. The van der Waals surface area contributed by atoms with E-state index >= 15 is 0 Å². The summed E-state index contributed by atoms with van der Waals surface area (Å²) in [6.45, 7) is 7.03. The molecular weight excluding hydrogens is 381 g/mol. The second-order valence-corrected chi connectivity index (χ2v) is 7.39. The van der Waals surface area contributed by atoms with E-state index in [0.29, 0.717) is 5.92 Å². The summed E-state index contributed by atoms with van der Waals surface area (Å²) < 4.78 is 0. The monoisotopic (exact) mass is 411 g/mol. The van der Waals surface area contributed by atoms with Gasteiger partial charge in [-0.05, 0) is 56.8 Å². The number of halogens is 2. The van der Waals surface area contributed by atoms with Gasteiger partial charge < -0.3 is 10.2 Å². The van der Waals surface area contributed by atoms with E-state index in [1.165, 1.54) is 6.42 Å². The third-order valence-electron chi connectivity index (χ3n) is 5.26. The highest BCUT2D eigenvalue weighted by Crippen LogP contribution is 2.26. The van der Waals surface area contributed by atoms with Crippen LogP contribution in [0.1, 0.15) is 55.1 Å². The molecule has 2 aromatic rings. The van der Waals surface area contributed by atoms with Crippen molar-refractivity contribution in [2.45, 2.75) is 39.0 Å². The molecule has 1 saturated heterocycles. The van der Waals surface area contributed by atoms with Gasteiger partial charge in [-0.2, -0.15) is 0 Å². The van der Waals surface area contributed by atoms with Crippen LogP contribution in [0.4, 0.5) is 0 Å². The Labute approximate surface area is 174 Å². The number of likely N-dealkylation sites (tertiary alicyclic amines) is 1. The minimum Gasteiger partial charge on any atom is -0.339 e. The lowest BCUT2D eigenvalue weighted by Crippen LogP contribution is -2.39. The third-order valence-corrected chi connectivity index (χ3v) is 5.26. The van der Waals surface area contributed by atoms with Gasteiger partial charge in [-0.15, -0.1) is 24.8 Å². The number of hydrogen-bond acceptors (Lipinski definition) is 3. The maximum atomic E-state index is 13.2. The molecule has 0 saturated carbocycles. The van der Waals surface area contributed by atoms with Crippen molar-refractivity contribution in [2.75, 3.05) is 26.7 Å². The fourth-order valence-corrected chi connectivity index (χ4v) is 3.61. The summed E-state index contributed by atoms with van der Waals surface area (Å²) in [7, 11) is 2.00.